The van der Waals surface area contributed by atoms with E-state index in [4.69, 9.17) is 4.55 Å². The molecule has 0 saturated heterocycles. The number of benzene rings is 2. The van der Waals surface area contributed by atoms with Crippen LogP contribution in [0.15, 0.2) is 47.4 Å². The Morgan fingerprint density at radius 1 is 0.762 bits per heavy atom. The van der Waals surface area contributed by atoms with Crippen LogP contribution in [0.25, 0.3) is 0 Å². The molecule has 5 nitrogen and oxygen atoms in total. The van der Waals surface area contributed by atoms with Gasteiger partial charge in [-0.3, -0.25) is 14.1 Å². The average Bonchev–Trinajstić information content (AvgIpc) is 2.43. The van der Waals surface area contributed by atoms with Crippen LogP contribution in [-0.2, 0) is 10.1 Å². The van der Waals surface area contributed by atoms with Crippen molar-refractivity contribution in [2.24, 2.45) is 0 Å². The van der Waals surface area contributed by atoms with Crippen molar-refractivity contribution in [3.05, 3.63) is 64.7 Å². The average molecular weight is 312 g/mol. The zero-order valence-corrected chi connectivity index (χ0v) is 10.8. The van der Waals surface area contributed by atoms with Crippen LogP contribution in [-0.4, -0.2) is 54.1 Å². The van der Waals surface area contributed by atoms with Gasteiger partial charge in [-0.2, -0.15) is 8.42 Å². The first-order valence-electron chi connectivity index (χ1n) is 5.69. The van der Waals surface area contributed by atoms with Crippen molar-refractivity contribution in [1.29, 1.82) is 0 Å². The summed E-state index contributed by atoms with van der Waals surface area (Å²) in [7, 11) is -4.42. The van der Waals surface area contributed by atoms with Gasteiger partial charge in [0.15, 0.2) is 11.6 Å². The molecule has 21 heavy (non-hydrogen) atoms. The Morgan fingerprint density at radius 2 is 1.24 bits per heavy atom. The van der Waals surface area contributed by atoms with E-state index in [-0.39, 0.29) is 52.0 Å². The van der Waals surface area contributed by atoms with Gasteiger partial charge in [-0.05, 0) is 18.2 Å². The predicted octanol–water partition coefficient (Wildman–Crippen LogP) is 1.06. The zero-order chi connectivity index (χ0) is 14.5. The molecule has 2 aromatic carbocycles. The summed E-state index contributed by atoms with van der Waals surface area (Å²) in [6.07, 6.45) is 0. The third-order valence-electron chi connectivity index (χ3n) is 3.19. The molecule has 0 fully saturated rings. The molecule has 0 unspecified atom stereocenters. The second-order valence-corrected chi connectivity index (χ2v) is 5.81. The van der Waals surface area contributed by atoms with Gasteiger partial charge in [0.2, 0.25) is 0 Å². The molecule has 0 aromatic heterocycles. The number of rotatable bonds is 1. The minimum atomic E-state index is -4.42. The third-order valence-corrected chi connectivity index (χ3v) is 4.04. The first kappa shape index (κ1) is 16.1. The topological polar surface area (TPSA) is 88.5 Å². The fourth-order valence-electron chi connectivity index (χ4n) is 2.24. The molecule has 0 bridgehead atoms. The van der Waals surface area contributed by atoms with E-state index in [0.29, 0.717) is 5.56 Å². The Kier molecular flexibility index (Phi) is 4.19. The molecular weight excluding hydrogens is 303 g/mol. The standard InChI is InChI=1S/C14H8O5S.Na.H/c15-13-9-3-1-2-4-10(9)14(16)12-7-8(20(17,18)19)5-6-11(12)13;;/h1-7H,(H,17,18,19);;. The van der Waals surface area contributed by atoms with Crippen LogP contribution < -0.4 is 0 Å². The van der Waals surface area contributed by atoms with Crippen LogP contribution in [0, 0.1) is 0 Å². The third kappa shape index (κ3) is 2.61. The van der Waals surface area contributed by atoms with Gasteiger partial charge in [0.25, 0.3) is 10.1 Å². The fourth-order valence-corrected chi connectivity index (χ4v) is 2.75. The summed E-state index contributed by atoms with van der Waals surface area (Å²) in [6, 6.07) is 9.72. The van der Waals surface area contributed by atoms with E-state index in [1.54, 1.807) is 18.2 Å². The monoisotopic (exact) mass is 312 g/mol. The molecule has 0 saturated carbocycles. The summed E-state index contributed by atoms with van der Waals surface area (Å²) in [6.45, 7) is 0. The maximum atomic E-state index is 12.3. The van der Waals surface area contributed by atoms with Crippen molar-refractivity contribution < 1.29 is 22.6 Å². The van der Waals surface area contributed by atoms with E-state index in [2.05, 4.69) is 0 Å². The first-order valence-corrected chi connectivity index (χ1v) is 7.13. The van der Waals surface area contributed by atoms with Gasteiger partial charge in [0.1, 0.15) is 0 Å². The normalized spacial score (nSPS) is 13.2. The Labute approximate surface area is 143 Å². The van der Waals surface area contributed by atoms with Crippen LogP contribution >= 0.6 is 0 Å². The van der Waals surface area contributed by atoms with E-state index in [0.717, 1.165) is 12.1 Å². The Bertz CT molecular complexity index is 871. The minimum absolute atomic E-state index is 0. The quantitative estimate of drug-likeness (QED) is 0.536. The Hall–Kier alpha value is -1.31. The molecule has 0 heterocycles. The van der Waals surface area contributed by atoms with Gasteiger partial charge in [-0.15, -0.1) is 0 Å². The van der Waals surface area contributed by atoms with Gasteiger partial charge in [0, 0.05) is 22.3 Å². The molecule has 0 spiro atoms. The number of carbonyl (C=O) groups excluding carboxylic acids is 2. The summed E-state index contributed by atoms with van der Waals surface area (Å²) >= 11 is 0. The van der Waals surface area contributed by atoms with E-state index >= 15 is 0 Å². The van der Waals surface area contributed by atoms with E-state index < -0.39 is 20.8 Å². The van der Waals surface area contributed by atoms with E-state index in [1.807, 2.05) is 0 Å². The summed E-state index contributed by atoms with van der Waals surface area (Å²) in [5, 5.41) is 0. The molecule has 0 atom stereocenters. The summed E-state index contributed by atoms with van der Waals surface area (Å²) in [5.41, 5.74) is 0.659. The Balaban J connectivity index is 0.00000161. The van der Waals surface area contributed by atoms with Crippen molar-refractivity contribution >= 4 is 51.2 Å². The summed E-state index contributed by atoms with van der Waals surface area (Å²) < 4.78 is 31.2. The van der Waals surface area contributed by atoms with Crippen LogP contribution in [0.3, 0.4) is 0 Å². The fraction of sp³-hybridized carbons (Fsp3) is 0. The zero-order valence-electron chi connectivity index (χ0n) is 10.0. The molecule has 2 aromatic rings. The molecule has 3 rings (SSSR count). The van der Waals surface area contributed by atoms with E-state index in [1.165, 1.54) is 12.1 Å². The summed E-state index contributed by atoms with van der Waals surface area (Å²) in [4.78, 5) is 24.1. The molecule has 102 valence electrons. The number of hydrogen-bond acceptors (Lipinski definition) is 4. The molecule has 1 aliphatic carbocycles. The van der Waals surface area contributed by atoms with Crippen LogP contribution in [0.2, 0.25) is 0 Å². The summed E-state index contributed by atoms with van der Waals surface area (Å²) in [5.74, 6) is -0.766. The number of fused-ring (bicyclic) bond motifs is 2. The van der Waals surface area contributed by atoms with Crippen molar-refractivity contribution in [1.82, 2.24) is 0 Å². The Morgan fingerprint density at radius 3 is 1.76 bits per heavy atom. The van der Waals surface area contributed by atoms with Gasteiger partial charge in [-0.25, -0.2) is 0 Å². The first-order chi connectivity index (χ1) is 9.39. The molecule has 0 aliphatic heterocycles. The molecular formula is C14H9NaO5S. The van der Waals surface area contributed by atoms with Crippen LogP contribution in [0.4, 0.5) is 0 Å². The number of carbonyl (C=O) groups is 2. The van der Waals surface area contributed by atoms with Crippen molar-refractivity contribution in [3.63, 3.8) is 0 Å². The predicted molar refractivity (Wildman–Crippen MR) is 76.7 cm³/mol. The van der Waals surface area contributed by atoms with Gasteiger partial charge in [0.05, 0.1) is 4.90 Å². The van der Waals surface area contributed by atoms with Crippen molar-refractivity contribution in [2.45, 2.75) is 4.90 Å². The van der Waals surface area contributed by atoms with Crippen molar-refractivity contribution in [3.8, 4) is 0 Å². The molecule has 0 amide bonds. The van der Waals surface area contributed by atoms with E-state index in [9.17, 15) is 18.0 Å². The number of ketones is 2. The molecule has 1 N–H and O–H groups in total. The molecule has 0 radical (unpaired) electrons. The molecule has 7 heteroatoms. The van der Waals surface area contributed by atoms with Crippen molar-refractivity contribution in [2.75, 3.05) is 0 Å². The maximum absolute atomic E-state index is 12.3. The van der Waals surface area contributed by atoms with Gasteiger partial charge >= 0.3 is 29.6 Å². The van der Waals surface area contributed by atoms with Gasteiger partial charge in [-0.1, -0.05) is 24.3 Å². The number of hydrogen-bond donors (Lipinski definition) is 1. The van der Waals surface area contributed by atoms with Crippen LogP contribution in [0.5, 0.6) is 0 Å². The SMILES string of the molecule is O=C1c2ccccc2C(=O)c2cc(S(=O)(=O)O)ccc21.[NaH]. The second kappa shape index (κ2) is 5.47. The molecule has 1 aliphatic rings. The van der Waals surface area contributed by atoms with Gasteiger partial charge < -0.3 is 0 Å². The second-order valence-electron chi connectivity index (χ2n) is 4.39. The van der Waals surface area contributed by atoms with Crippen LogP contribution in [0.1, 0.15) is 31.8 Å².